The number of rotatable bonds is 4. The number of hydrogen-bond donors (Lipinski definition) is 2. The Labute approximate surface area is 168 Å². The van der Waals surface area contributed by atoms with Gasteiger partial charge < -0.3 is 0 Å². The predicted octanol–water partition coefficient (Wildman–Crippen LogP) is 5.08. The molecule has 0 N–H and O–H groups in total. The smallest absolute Gasteiger partial charge is 0.155 e. The maximum Gasteiger partial charge on any atom is 0.155 e. The molecule has 0 saturated heterocycles. The van der Waals surface area contributed by atoms with E-state index >= 15 is 0 Å². The summed E-state index contributed by atoms with van der Waals surface area (Å²) in [5, 5.41) is 0.328. The minimum atomic E-state index is -0.0642. The highest BCUT2D eigenvalue weighted by Gasteiger charge is 2.59. The molecule has 0 spiro atoms. The number of carbonyl (C=O) groups is 2. The Morgan fingerprint density at radius 1 is 1.12 bits per heavy atom. The quantitative estimate of drug-likeness (QED) is 0.655. The van der Waals surface area contributed by atoms with Crippen molar-refractivity contribution in [2.24, 2.45) is 28.6 Å². The Hall–Kier alpha value is -0.220. The van der Waals surface area contributed by atoms with Gasteiger partial charge in [0.2, 0.25) is 0 Å². The monoisotopic (exact) mass is 392 g/mol. The molecule has 144 valence electrons. The van der Waals surface area contributed by atoms with Crippen LogP contribution < -0.4 is 0 Å². The molecule has 4 aliphatic carbocycles. The number of fused-ring (bicyclic) bond motifs is 5. The molecule has 0 bridgehead atoms. The Kier molecular flexibility index (Phi) is 5.14. The topological polar surface area (TPSA) is 34.1 Å². The largest absolute Gasteiger partial charge is 0.299 e. The zero-order valence-corrected chi connectivity index (χ0v) is 17.7. The number of allylic oxidation sites excluding steroid dienone is 1. The highest BCUT2D eigenvalue weighted by atomic mass is 32.1. The minimum Gasteiger partial charge on any atom is -0.299 e. The first-order valence-electron chi connectivity index (χ1n) is 10.5. The van der Waals surface area contributed by atoms with Crippen molar-refractivity contribution in [2.45, 2.75) is 76.4 Å². The molecule has 26 heavy (non-hydrogen) atoms. The van der Waals surface area contributed by atoms with E-state index in [9.17, 15) is 9.59 Å². The van der Waals surface area contributed by atoms with Crippen molar-refractivity contribution in [1.82, 2.24) is 0 Å². The maximum atomic E-state index is 12.6. The molecule has 1 unspecified atom stereocenters. The van der Waals surface area contributed by atoms with Crippen LogP contribution in [-0.2, 0) is 9.59 Å². The van der Waals surface area contributed by atoms with Gasteiger partial charge in [0.1, 0.15) is 5.78 Å². The first-order chi connectivity index (χ1) is 12.4. The van der Waals surface area contributed by atoms with Crippen molar-refractivity contribution >= 4 is 36.8 Å². The molecule has 2 nitrogen and oxygen atoms in total. The van der Waals surface area contributed by atoms with Crippen molar-refractivity contribution in [3.8, 4) is 0 Å². The van der Waals surface area contributed by atoms with Crippen LogP contribution in [0.1, 0.15) is 71.1 Å². The molecule has 0 heterocycles. The van der Waals surface area contributed by atoms with Crippen LogP contribution >= 0.6 is 25.3 Å². The molecule has 3 fully saturated rings. The fourth-order valence-corrected chi connectivity index (χ4v) is 7.43. The van der Waals surface area contributed by atoms with Gasteiger partial charge in [0.05, 0.1) is 0 Å². The van der Waals surface area contributed by atoms with Crippen LogP contribution in [0.3, 0.4) is 0 Å². The summed E-state index contributed by atoms with van der Waals surface area (Å²) in [4.78, 5) is 24.7. The van der Waals surface area contributed by atoms with E-state index in [4.69, 9.17) is 12.6 Å². The SMILES string of the molecule is C[C@]12CC[C@@H]3[C@@H](CCC4=CC(=O)CC[C@@]43CCC(S)CS)[C@@H]1CCC2=O. The standard InChI is InChI=1S/C22H32O2S2/c1-21-9-8-19-17(18(21)4-5-20(21)24)3-2-14-12-15(23)6-10-22(14,19)11-7-16(26)13-25/h12,16-19,25-26H,2-11,13H2,1H3/t16?,17-,18-,19+,21-,22+/m0/s1. The molecule has 0 amide bonds. The molecule has 4 heteroatoms. The molecular weight excluding hydrogens is 360 g/mol. The van der Waals surface area contributed by atoms with Crippen LogP contribution in [0.2, 0.25) is 0 Å². The van der Waals surface area contributed by atoms with Crippen LogP contribution in [0.25, 0.3) is 0 Å². The number of carbonyl (C=O) groups excluding carboxylic acids is 2. The van der Waals surface area contributed by atoms with Gasteiger partial charge in [-0.05, 0) is 80.6 Å². The summed E-state index contributed by atoms with van der Waals surface area (Å²) in [6, 6.07) is 0. The molecule has 0 radical (unpaired) electrons. The normalized spacial score (nSPS) is 43.3. The Balaban J connectivity index is 1.67. The lowest BCUT2D eigenvalue weighted by molar-refractivity contribution is -0.133. The van der Waals surface area contributed by atoms with Crippen LogP contribution in [0.4, 0.5) is 0 Å². The second-order valence-electron chi connectivity index (χ2n) is 9.50. The lowest BCUT2D eigenvalue weighted by atomic mass is 9.46. The third-order valence-electron chi connectivity index (χ3n) is 8.53. The molecule has 3 saturated carbocycles. The summed E-state index contributed by atoms with van der Waals surface area (Å²) >= 11 is 9.12. The van der Waals surface area contributed by atoms with Crippen LogP contribution in [0, 0.1) is 28.6 Å². The van der Waals surface area contributed by atoms with Crippen LogP contribution in [-0.4, -0.2) is 22.6 Å². The van der Waals surface area contributed by atoms with E-state index in [2.05, 4.69) is 19.6 Å². The average molecular weight is 393 g/mol. The van der Waals surface area contributed by atoms with Crippen molar-refractivity contribution < 1.29 is 9.59 Å². The van der Waals surface area contributed by atoms with E-state index < -0.39 is 0 Å². The van der Waals surface area contributed by atoms with E-state index in [0.29, 0.717) is 41.0 Å². The maximum absolute atomic E-state index is 12.6. The Bertz CT molecular complexity index is 642. The van der Waals surface area contributed by atoms with Gasteiger partial charge in [0.15, 0.2) is 5.78 Å². The minimum absolute atomic E-state index is 0.0642. The summed E-state index contributed by atoms with van der Waals surface area (Å²) in [5.74, 6) is 3.53. The predicted molar refractivity (Wildman–Crippen MR) is 112 cm³/mol. The van der Waals surface area contributed by atoms with E-state index in [1.165, 1.54) is 12.0 Å². The highest BCUT2D eigenvalue weighted by molar-refractivity contribution is 7.84. The molecule has 0 aromatic heterocycles. The molecule has 0 aliphatic heterocycles. The molecule has 0 aromatic rings. The fraction of sp³-hybridized carbons (Fsp3) is 0.818. The van der Waals surface area contributed by atoms with Crippen LogP contribution in [0.5, 0.6) is 0 Å². The molecule has 0 aromatic carbocycles. The Morgan fingerprint density at radius 3 is 2.69 bits per heavy atom. The summed E-state index contributed by atoms with van der Waals surface area (Å²) in [6.07, 6.45) is 12.3. The third-order valence-corrected chi connectivity index (χ3v) is 9.70. The molecule has 4 aliphatic rings. The zero-order valence-electron chi connectivity index (χ0n) is 15.9. The van der Waals surface area contributed by atoms with E-state index in [1.54, 1.807) is 0 Å². The van der Waals surface area contributed by atoms with Crippen LogP contribution in [0.15, 0.2) is 11.6 Å². The second-order valence-corrected chi connectivity index (χ2v) is 10.6. The van der Waals surface area contributed by atoms with Gasteiger partial charge >= 0.3 is 0 Å². The van der Waals surface area contributed by atoms with Gasteiger partial charge in [-0.2, -0.15) is 25.3 Å². The first kappa shape index (κ1) is 19.1. The second kappa shape index (κ2) is 6.99. The van der Waals surface area contributed by atoms with Gasteiger partial charge in [-0.25, -0.2) is 0 Å². The summed E-state index contributed by atoms with van der Waals surface area (Å²) in [5.41, 5.74) is 1.56. The average Bonchev–Trinajstić information content (AvgIpc) is 2.94. The summed E-state index contributed by atoms with van der Waals surface area (Å²) in [7, 11) is 0. The summed E-state index contributed by atoms with van der Waals surface area (Å²) in [6.45, 7) is 2.25. The third kappa shape index (κ3) is 2.85. The first-order valence-corrected chi connectivity index (χ1v) is 11.6. The molecular formula is C22H32O2S2. The van der Waals surface area contributed by atoms with Gasteiger partial charge in [0, 0.05) is 29.3 Å². The van der Waals surface area contributed by atoms with Crippen molar-refractivity contribution in [3.05, 3.63) is 11.6 Å². The molecule has 4 rings (SSSR count). The lowest BCUT2D eigenvalue weighted by Crippen LogP contribution is -2.51. The van der Waals surface area contributed by atoms with Gasteiger partial charge in [-0.3, -0.25) is 9.59 Å². The number of Topliss-reactive ketones (excluding diaryl/α,β-unsaturated/α-hetero) is 1. The summed E-state index contributed by atoms with van der Waals surface area (Å²) < 4.78 is 0. The van der Waals surface area contributed by atoms with E-state index in [-0.39, 0.29) is 10.8 Å². The van der Waals surface area contributed by atoms with Gasteiger partial charge in [-0.1, -0.05) is 12.5 Å². The number of hydrogen-bond acceptors (Lipinski definition) is 4. The highest BCUT2D eigenvalue weighted by Crippen LogP contribution is 2.65. The van der Waals surface area contributed by atoms with E-state index in [0.717, 1.165) is 57.1 Å². The van der Waals surface area contributed by atoms with Crippen molar-refractivity contribution in [1.29, 1.82) is 0 Å². The van der Waals surface area contributed by atoms with Gasteiger partial charge in [-0.15, -0.1) is 0 Å². The zero-order chi connectivity index (χ0) is 18.5. The lowest BCUT2D eigenvalue weighted by Gasteiger charge is -2.58. The van der Waals surface area contributed by atoms with Gasteiger partial charge in [0.25, 0.3) is 0 Å². The van der Waals surface area contributed by atoms with E-state index in [1.807, 2.05) is 6.08 Å². The number of ketones is 2. The van der Waals surface area contributed by atoms with Crippen molar-refractivity contribution in [3.63, 3.8) is 0 Å². The number of thiol groups is 2. The Morgan fingerprint density at radius 2 is 1.92 bits per heavy atom. The fourth-order valence-electron chi connectivity index (χ4n) is 7.12. The molecule has 6 atom stereocenters. The van der Waals surface area contributed by atoms with Crippen molar-refractivity contribution in [2.75, 3.05) is 5.75 Å².